The molecule has 0 aliphatic rings. The number of benzene rings is 1. The van der Waals surface area contributed by atoms with Crippen LogP contribution in [0.3, 0.4) is 0 Å². The molecule has 1 rings (SSSR count). The fourth-order valence-electron chi connectivity index (χ4n) is 1.39. The van der Waals surface area contributed by atoms with E-state index in [1.54, 1.807) is 6.92 Å². The second-order valence-corrected chi connectivity index (χ2v) is 3.60. The van der Waals surface area contributed by atoms with E-state index in [1.165, 1.54) is 5.56 Å². The van der Waals surface area contributed by atoms with Crippen molar-refractivity contribution < 1.29 is 4.79 Å². The zero-order valence-corrected chi connectivity index (χ0v) is 10.0. The van der Waals surface area contributed by atoms with E-state index in [1.807, 2.05) is 24.3 Å². The highest BCUT2D eigenvalue weighted by Gasteiger charge is 2.09. The van der Waals surface area contributed by atoms with E-state index >= 15 is 0 Å². The number of aryl methyl sites for hydroxylation is 1. The van der Waals surface area contributed by atoms with Crippen molar-refractivity contribution in [2.24, 2.45) is 5.73 Å². The molecule has 1 aromatic rings. The molecule has 3 heteroatoms. The molecular weight excluding hydrogens is 210 g/mol. The highest BCUT2D eigenvalue weighted by Crippen LogP contribution is 2.08. The van der Waals surface area contributed by atoms with Gasteiger partial charge in [0.25, 0.3) is 0 Å². The molecule has 1 aromatic carbocycles. The first kappa shape index (κ1) is 14.1. The van der Waals surface area contributed by atoms with Crippen molar-refractivity contribution >= 4 is 18.2 Å². The van der Waals surface area contributed by atoms with Crippen LogP contribution >= 0.6 is 12.4 Å². The lowest BCUT2D eigenvalue weighted by molar-refractivity contribution is 0.0968. The average molecular weight is 228 g/mol. The van der Waals surface area contributed by atoms with Gasteiger partial charge in [0, 0.05) is 5.56 Å². The van der Waals surface area contributed by atoms with Crippen molar-refractivity contribution in [3.63, 3.8) is 0 Å². The largest absolute Gasteiger partial charge is 0.321 e. The van der Waals surface area contributed by atoms with Crippen LogP contribution in [0.2, 0.25) is 0 Å². The van der Waals surface area contributed by atoms with Gasteiger partial charge in [-0.2, -0.15) is 0 Å². The van der Waals surface area contributed by atoms with E-state index in [2.05, 4.69) is 6.92 Å². The highest BCUT2D eigenvalue weighted by molar-refractivity contribution is 5.99. The van der Waals surface area contributed by atoms with Crippen molar-refractivity contribution in [2.45, 2.75) is 32.7 Å². The van der Waals surface area contributed by atoms with Crippen molar-refractivity contribution in [1.82, 2.24) is 0 Å². The normalized spacial score (nSPS) is 11.7. The van der Waals surface area contributed by atoms with Crippen LogP contribution in [0, 0.1) is 0 Å². The van der Waals surface area contributed by atoms with Crippen LogP contribution in [0.1, 0.15) is 36.2 Å². The standard InChI is InChI=1S/C12H17NO.ClH/c1-3-4-10-5-7-11(8-6-10)12(14)9(2)13;/h5-9H,3-4,13H2,1-2H3;1H. The average Bonchev–Trinajstić information content (AvgIpc) is 2.18. The molecule has 1 atom stereocenters. The van der Waals surface area contributed by atoms with Crippen molar-refractivity contribution in [3.05, 3.63) is 35.4 Å². The molecule has 2 N–H and O–H groups in total. The van der Waals surface area contributed by atoms with Gasteiger partial charge in [-0.3, -0.25) is 4.79 Å². The summed E-state index contributed by atoms with van der Waals surface area (Å²) in [7, 11) is 0. The van der Waals surface area contributed by atoms with Crippen LogP contribution in [0.25, 0.3) is 0 Å². The molecule has 0 spiro atoms. The third-order valence-corrected chi connectivity index (χ3v) is 2.19. The minimum Gasteiger partial charge on any atom is -0.321 e. The zero-order valence-electron chi connectivity index (χ0n) is 9.19. The summed E-state index contributed by atoms with van der Waals surface area (Å²) in [5.74, 6) is 0.00745. The second kappa shape index (κ2) is 6.59. The maximum absolute atomic E-state index is 11.5. The third-order valence-electron chi connectivity index (χ3n) is 2.19. The summed E-state index contributed by atoms with van der Waals surface area (Å²) in [6.07, 6.45) is 2.19. The van der Waals surface area contributed by atoms with Gasteiger partial charge in [-0.15, -0.1) is 12.4 Å². The molecule has 0 aliphatic carbocycles. The number of Topliss-reactive ketones (excluding diaryl/α,β-unsaturated/α-hetero) is 1. The Bertz CT molecular complexity index is 306. The minimum atomic E-state index is -0.410. The first-order valence-electron chi connectivity index (χ1n) is 5.04. The van der Waals surface area contributed by atoms with E-state index in [4.69, 9.17) is 5.73 Å². The molecule has 0 fully saturated rings. The third kappa shape index (κ3) is 4.02. The van der Waals surface area contributed by atoms with Gasteiger partial charge in [0.05, 0.1) is 6.04 Å². The van der Waals surface area contributed by atoms with Gasteiger partial charge in [-0.25, -0.2) is 0 Å². The Morgan fingerprint density at radius 3 is 2.27 bits per heavy atom. The Balaban J connectivity index is 0.00000196. The Kier molecular flexibility index (Phi) is 6.21. The van der Waals surface area contributed by atoms with Crippen LogP contribution in [0.4, 0.5) is 0 Å². The van der Waals surface area contributed by atoms with Gasteiger partial charge in [-0.05, 0) is 18.9 Å². The fraction of sp³-hybridized carbons (Fsp3) is 0.417. The predicted octanol–water partition coefficient (Wildman–Crippen LogP) is 2.59. The molecule has 0 amide bonds. The van der Waals surface area contributed by atoms with E-state index in [0.717, 1.165) is 12.8 Å². The second-order valence-electron chi connectivity index (χ2n) is 3.60. The molecule has 0 heterocycles. The van der Waals surface area contributed by atoms with E-state index in [0.29, 0.717) is 5.56 Å². The quantitative estimate of drug-likeness (QED) is 0.804. The van der Waals surface area contributed by atoms with Crippen LogP contribution < -0.4 is 5.73 Å². The molecule has 2 nitrogen and oxygen atoms in total. The summed E-state index contributed by atoms with van der Waals surface area (Å²) in [5.41, 5.74) is 7.50. The number of hydrogen-bond donors (Lipinski definition) is 1. The van der Waals surface area contributed by atoms with Gasteiger partial charge in [0.2, 0.25) is 0 Å². The van der Waals surface area contributed by atoms with E-state index < -0.39 is 6.04 Å². The number of nitrogens with two attached hydrogens (primary N) is 1. The SMILES string of the molecule is CCCc1ccc(C(=O)C(C)N)cc1.Cl. The van der Waals surface area contributed by atoms with Gasteiger partial charge >= 0.3 is 0 Å². The smallest absolute Gasteiger partial charge is 0.179 e. The van der Waals surface area contributed by atoms with Crippen LogP contribution in [0.15, 0.2) is 24.3 Å². The Morgan fingerprint density at radius 1 is 1.33 bits per heavy atom. The molecule has 0 saturated heterocycles. The number of carbonyl (C=O) groups is 1. The number of halogens is 1. The minimum absolute atomic E-state index is 0. The number of carbonyl (C=O) groups excluding carboxylic acids is 1. The lowest BCUT2D eigenvalue weighted by atomic mass is 10.0. The molecular formula is C12H18ClNO. The Morgan fingerprint density at radius 2 is 1.87 bits per heavy atom. The molecule has 0 bridgehead atoms. The fourth-order valence-corrected chi connectivity index (χ4v) is 1.39. The molecule has 1 unspecified atom stereocenters. The Labute approximate surface area is 97.3 Å². The summed E-state index contributed by atoms with van der Waals surface area (Å²) in [4.78, 5) is 11.5. The summed E-state index contributed by atoms with van der Waals surface area (Å²) in [6.45, 7) is 3.85. The van der Waals surface area contributed by atoms with Gasteiger partial charge in [0.15, 0.2) is 5.78 Å². The van der Waals surface area contributed by atoms with E-state index in [9.17, 15) is 4.79 Å². The van der Waals surface area contributed by atoms with Crippen LogP contribution in [-0.2, 0) is 6.42 Å². The first-order chi connectivity index (χ1) is 6.65. The number of ketones is 1. The first-order valence-corrected chi connectivity index (χ1v) is 5.04. The summed E-state index contributed by atoms with van der Waals surface area (Å²) in [6, 6.07) is 7.30. The van der Waals surface area contributed by atoms with Crippen molar-refractivity contribution in [1.29, 1.82) is 0 Å². The van der Waals surface area contributed by atoms with Crippen LogP contribution in [0.5, 0.6) is 0 Å². The summed E-state index contributed by atoms with van der Waals surface area (Å²) >= 11 is 0. The predicted molar refractivity (Wildman–Crippen MR) is 65.7 cm³/mol. The molecule has 0 radical (unpaired) electrons. The zero-order chi connectivity index (χ0) is 10.6. The number of rotatable bonds is 4. The van der Waals surface area contributed by atoms with Crippen molar-refractivity contribution in [2.75, 3.05) is 0 Å². The van der Waals surface area contributed by atoms with Gasteiger partial charge < -0.3 is 5.73 Å². The summed E-state index contributed by atoms with van der Waals surface area (Å²) < 4.78 is 0. The molecule has 84 valence electrons. The monoisotopic (exact) mass is 227 g/mol. The Hall–Kier alpha value is -0.860. The van der Waals surface area contributed by atoms with E-state index in [-0.39, 0.29) is 18.2 Å². The van der Waals surface area contributed by atoms with Gasteiger partial charge in [0.1, 0.15) is 0 Å². The number of hydrogen-bond acceptors (Lipinski definition) is 2. The molecule has 15 heavy (non-hydrogen) atoms. The molecule has 0 aromatic heterocycles. The van der Waals surface area contributed by atoms with Crippen molar-refractivity contribution in [3.8, 4) is 0 Å². The maximum Gasteiger partial charge on any atom is 0.179 e. The lowest BCUT2D eigenvalue weighted by Gasteiger charge is -2.05. The highest BCUT2D eigenvalue weighted by atomic mass is 35.5. The topological polar surface area (TPSA) is 43.1 Å². The van der Waals surface area contributed by atoms with Crippen LogP contribution in [-0.4, -0.2) is 11.8 Å². The maximum atomic E-state index is 11.5. The van der Waals surface area contributed by atoms with Gasteiger partial charge in [-0.1, -0.05) is 37.6 Å². The molecule has 0 saturated carbocycles. The lowest BCUT2D eigenvalue weighted by Crippen LogP contribution is -2.26. The molecule has 0 aliphatic heterocycles. The summed E-state index contributed by atoms with van der Waals surface area (Å²) in [5, 5.41) is 0.